The molecule has 1 amide bonds. The number of halogens is 4. The molecule has 6 nitrogen and oxygen atoms in total. The highest BCUT2D eigenvalue weighted by molar-refractivity contribution is 5.68. The molecular formula is C23H29F4N3O3. The summed E-state index contributed by atoms with van der Waals surface area (Å²) in [5, 5.41) is 9.48. The molecule has 0 aliphatic carbocycles. The molecule has 182 valence electrons. The summed E-state index contributed by atoms with van der Waals surface area (Å²) in [6.07, 6.45) is -3.05. The minimum absolute atomic E-state index is 0.00193. The predicted octanol–water partition coefficient (Wildman–Crippen LogP) is 5.06. The number of amides is 1. The first kappa shape index (κ1) is 25.0. The minimum Gasteiger partial charge on any atom is -0.444 e. The summed E-state index contributed by atoms with van der Waals surface area (Å²) >= 11 is 0. The third kappa shape index (κ3) is 5.85. The summed E-state index contributed by atoms with van der Waals surface area (Å²) in [5.41, 5.74) is -1.54. The second kappa shape index (κ2) is 9.32. The Labute approximate surface area is 190 Å². The molecule has 1 aliphatic heterocycles. The number of piperidine rings is 1. The number of alkyl halides is 3. The molecule has 3 rings (SSSR count). The van der Waals surface area contributed by atoms with E-state index in [1.54, 1.807) is 36.4 Å². The van der Waals surface area contributed by atoms with Crippen molar-refractivity contribution in [1.82, 2.24) is 14.5 Å². The van der Waals surface area contributed by atoms with E-state index in [4.69, 9.17) is 4.74 Å². The van der Waals surface area contributed by atoms with Crippen molar-refractivity contribution >= 4 is 6.09 Å². The number of aliphatic hydroxyl groups excluding tert-OH is 1. The molecule has 2 heterocycles. The zero-order chi connectivity index (χ0) is 24.6. The van der Waals surface area contributed by atoms with Crippen LogP contribution >= 0.6 is 0 Å². The highest BCUT2D eigenvalue weighted by Gasteiger charge is 2.36. The zero-order valence-electron chi connectivity index (χ0n) is 19.1. The van der Waals surface area contributed by atoms with Crippen LogP contribution in [0, 0.1) is 11.7 Å². The van der Waals surface area contributed by atoms with Gasteiger partial charge in [0.2, 0.25) is 0 Å². The number of likely N-dealkylation sites (tertiary alicyclic amines) is 1. The molecule has 2 unspecified atom stereocenters. The number of ether oxygens (including phenoxy) is 1. The Balaban J connectivity index is 1.87. The number of benzene rings is 1. The van der Waals surface area contributed by atoms with Gasteiger partial charge < -0.3 is 19.3 Å². The number of aromatic nitrogens is 2. The monoisotopic (exact) mass is 471 g/mol. The first-order chi connectivity index (χ1) is 15.3. The lowest BCUT2D eigenvalue weighted by atomic mass is 9.86. The largest absolute Gasteiger partial charge is 0.444 e. The zero-order valence-corrected chi connectivity index (χ0v) is 19.1. The number of carbonyl (C=O) groups excluding carboxylic acids is 1. The fraction of sp³-hybridized carbons (Fsp3) is 0.565. The summed E-state index contributed by atoms with van der Waals surface area (Å²) in [6.45, 7) is 8.30. The van der Waals surface area contributed by atoms with E-state index in [-0.39, 0.29) is 36.2 Å². The molecule has 33 heavy (non-hydrogen) atoms. The Hall–Kier alpha value is -2.62. The van der Waals surface area contributed by atoms with Gasteiger partial charge >= 0.3 is 12.3 Å². The van der Waals surface area contributed by atoms with Gasteiger partial charge in [-0.25, -0.2) is 14.2 Å². The van der Waals surface area contributed by atoms with Crippen molar-refractivity contribution in [2.45, 2.75) is 58.4 Å². The Morgan fingerprint density at radius 2 is 1.97 bits per heavy atom. The van der Waals surface area contributed by atoms with Gasteiger partial charge in [-0.1, -0.05) is 6.92 Å². The molecule has 0 spiro atoms. The second-order valence-corrected chi connectivity index (χ2v) is 9.39. The first-order valence-electron chi connectivity index (χ1n) is 10.8. The van der Waals surface area contributed by atoms with Gasteiger partial charge in [0.25, 0.3) is 0 Å². The lowest BCUT2D eigenvalue weighted by Gasteiger charge is -2.37. The number of imidazole rings is 1. The van der Waals surface area contributed by atoms with Gasteiger partial charge in [0.15, 0.2) is 0 Å². The summed E-state index contributed by atoms with van der Waals surface area (Å²) in [5.74, 6) is -0.804. The SMILES string of the molecule is CC1CN(C(=O)OC(C)(C)C)CCC1c1nc(-c2ccc(F)c(C(F)(F)F)c2)cn1CCO. The summed E-state index contributed by atoms with van der Waals surface area (Å²) in [6, 6.07) is 2.79. The third-order valence-electron chi connectivity index (χ3n) is 5.60. The average Bonchev–Trinajstić information content (AvgIpc) is 3.10. The number of carbonyl (C=O) groups is 1. The summed E-state index contributed by atoms with van der Waals surface area (Å²) < 4.78 is 60.3. The van der Waals surface area contributed by atoms with Crippen LogP contribution in [-0.4, -0.2) is 50.9 Å². The molecule has 0 bridgehead atoms. The topological polar surface area (TPSA) is 67.6 Å². The highest BCUT2D eigenvalue weighted by atomic mass is 19.4. The van der Waals surface area contributed by atoms with Crippen LogP contribution in [0.3, 0.4) is 0 Å². The minimum atomic E-state index is -4.82. The van der Waals surface area contributed by atoms with Crippen LogP contribution in [0.4, 0.5) is 22.4 Å². The standard InChI is InChI=1S/C23H29F4N3O3/c1-14-12-30(21(32)33-22(2,3)4)8-7-16(14)20-28-19(13-29(20)9-10-31)15-5-6-18(24)17(11-15)23(25,26)27/h5-6,11,13-14,16,31H,7-10,12H2,1-4H3. The van der Waals surface area contributed by atoms with E-state index < -0.39 is 29.3 Å². The number of rotatable bonds is 4. The second-order valence-electron chi connectivity index (χ2n) is 9.39. The smallest absolute Gasteiger partial charge is 0.419 e. The third-order valence-corrected chi connectivity index (χ3v) is 5.60. The molecule has 1 aromatic carbocycles. The summed E-state index contributed by atoms with van der Waals surface area (Å²) in [7, 11) is 0. The summed E-state index contributed by atoms with van der Waals surface area (Å²) in [4.78, 5) is 18.7. The van der Waals surface area contributed by atoms with Crippen LogP contribution in [0.5, 0.6) is 0 Å². The first-order valence-corrected chi connectivity index (χ1v) is 10.8. The van der Waals surface area contributed by atoms with Crippen molar-refractivity contribution in [3.05, 3.63) is 41.6 Å². The van der Waals surface area contributed by atoms with E-state index in [1.807, 2.05) is 6.92 Å². The Morgan fingerprint density at radius 3 is 2.55 bits per heavy atom. The van der Waals surface area contributed by atoms with Gasteiger partial charge in [-0.2, -0.15) is 13.2 Å². The fourth-order valence-corrected chi connectivity index (χ4v) is 4.08. The Bertz CT molecular complexity index is 998. The molecule has 10 heteroatoms. The number of hydrogen-bond acceptors (Lipinski definition) is 4. The maximum atomic E-state index is 13.7. The van der Waals surface area contributed by atoms with Crippen molar-refractivity contribution in [3.63, 3.8) is 0 Å². The van der Waals surface area contributed by atoms with E-state index in [2.05, 4.69) is 4.98 Å². The Morgan fingerprint density at radius 1 is 1.27 bits per heavy atom. The van der Waals surface area contributed by atoms with Crippen molar-refractivity contribution in [1.29, 1.82) is 0 Å². The van der Waals surface area contributed by atoms with Crippen molar-refractivity contribution < 1.29 is 32.2 Å². The number of nitrogens with zero attached hydrogens (tertiary/aromatic N) is 3. The van der Waals surface area contributed by atoms with Gasteiger partial charge in [-0.05, 0) is 51.3 Å². The molecular weight excluding hydrogens is 442 g/mol. The molecule has 1 aliphatic rings. The van der Waals surface area contributed by atoms with Crippen LogP contribution in [0.15, 0.2) is 24.4 Å². The van der Waals surface area contributed by atoms with Crippen LogP contribution in [0.25, 0.3) is 11.3 Å². The van der Waals surface area contributed by atoms with Crippen LogP contribution in [-0.2, 0) is 17.5 Å². The average molecular weight is 471 g/mol. The lowest BCUT2D eigenvalue weighted by molar-refractivity contribution is -0.139. The number of aliphatic hydroxyl groups is 1. The van der Waals surface area contributed by atoms with E-state index in [1.165, 1.54) is 6.07 Å². The predicted molar refractivity (Wildman–Crippen MR) is 114 cm³/mol. The lowest BCUT2D eigenvalue weighted by Crippen LogP contribution is -2.45. The van der Waals surface area contributed by atoms with Crippen LogP contribution in [0.2, 0.25) is 0 Å². The molecule has 1 aromatic heterocycles. The molecule has 0 saturated carbocycles. The molecule has 1 fully saturated rings. The van der Waals surface area contributed by atoms with Crippen LogP contribution in [0.1, 0.15) is 51.4 Å². The van der Waals surface area contributed by atoms with Crippen molar-refractivity contribution in [2.75, 3.05) is 19.7 Å². The van der Waals surface area contributed by atoms with Gasteiger partial charge in [0.1, 0.15) is 17.2 Å². The van der Waals surface area contributed by atoms with Crippen LogP contribution < -0.4 is 0 Å². The fourth-order valence-electron chi connectivity index (χ4n) is 4.08. The van der Waals surface area contributed by atoms with Gasteiger partial charge in [-0.3, -0.25) is 0 Å². The molecule has 1 saturated heterocycles. The van der Waals surface area contributed by atoms with E-state index >= 15 is 0 Å². The molecule has 0 radical (unpaired) electrons. The van der Waals surface area contributed by atoms with E-state index in [9.17, 15) is 27.5 Å². The Kier molecular flexibility index (Phi) is 7.07. The van der Waals surface area contributed by atoms with Gasteiger partial charge in [0.05, 0.1) is 17.9 Å². The van der Waals surface area contributed by atoms with Gasteiger partial charge in [0, 0.05) is 37.3 Å². The van der Waals surface area contributed by atoms with Crippen molar-refractivity contribution in [3.8, 4) is 11.3 Å². The molecule has 2 atom stereocenters. The maximum absolute atomic E-state index is 13.7. The molecule has 2 aromatic rings. The van der Waals surface area contributed by atoms with E-state index in [0.29, 0.717) is 25.3 Å². The normalized spacial score (nSPS) is 19.6. The van der Waals surface area contributed by atoms with Gasteiger partial charge in [-0.15, -0.1) is 0 Å². The highest BCUT2D eigenvalue weighted by Crippen LogP contribution is 2.37. The molecule has 1 N–H and O–H groups in total. The van der Waals surface area contributed by atoms with Crippen molar-refractivity contribution in [2.24, 2.45) is 5.92 Å². The van der Waals surface area contributed by atoms with E-state index in [0.717, 1.165) is 12.1 Å². The number of hydrogen-bond donors (Lipinski definition) is 1. The quantitative estimate of drug-likeness (QED) is 0.633. The maximum Gasteiger partial charge on any atom is 0.419 e.